The van der Waals surface area contributed by atoms with Crippen molar-refractivity contribution in [3.63, 3.8) is 0 Å². The second kappa shape index (κ2) is 7.54. The quantitative estimate of drug-likeness (QED) is 0.814. The highest BCUT2D eigenvalue weighted by Gasteiger charge is 2.30. The van der Waals surface area contributed by atoms with Gasteiger partial charge in [-0.1, -0.05) is 0 Å². The van der Waals surface area contributed by atoms with Gasteiger partial charge in [0.15, 0.2) is 0 Å². The molecule has 0 unspecified atom stereocenters. The number of hydrogen-bond acceptors (Lipinski definition) is 5. The summed E-state index contributed by atoms with van der Waals surface area (Å²) in [6.07, 6.45) is 2.40. The highest BCUT2D eigenvalue weighted by atomic mass is 32.2. The van der Waals surface area contributed by atoms with Crippen LogP contribution in [0.4, 0.5) is 0 Å². The summed E-state index contributed by atoms with van der Waals surface area (Å²) in [5.74, 6) is 0.474. The third kappa shape index (κ3) is 4.28. The summed E-state index contributed by atoms with van der Waals surface area (Å²) >= 11 is 0. The number of aryl methyl sites for hydroxylation is 1. The Morgan fingerprint density at radius 2 is 2.12 bits per heavy atom. The summed E-state index contributed by atoms with van der Waals surface area (Å²) in [7, 11) is 1.26. The molecule has 1 atom stereocenters. The number of aromatic nitrogens is 2. The van der Waals surface area contributed by atoms with Crippen molar-refractivity contribution in [2.24, 2.45) is 5.92 Å². The average Bonchev–Trinajstić information content (AvgIpc) is 2.53. The molecule has 0 spiro atoms. The number of carbonyl (C=O) groups excluding carboxylic acids is 1. The minimum Gasteiger partial charge on any atom is -0.354 e. The van der Waals surface area contributed by atoms with E-state index in [2.05, 4.69) is 15.3 Å². The zero-order chi connectivity index (χ0) is 17.9. The van der Waals surface area contributed by atoms with Gasteiger partial charge in [0.2, 0.25) is 0 Å². The second-order valence-electron chi connectivity index (χ2n) is 6.23. The van der Waals surface area contributed by atoms with E-state index in [-0.39, 0.29) is 11.8 Å². The fraction of sp³-hybridized carbons (Fsp3) is 0.667. The maximum atomic E-state index is 12.3. The van der Waals surface area contributed by atoms with Gasteiger partial charge in [-0.2, -0.15) is 17.0 Å². The third-order valence-electron chi connectivity index (χ3n) is 4.12. The minimum atomic E-state index is -3.39. The molecule has 0 radical (unpaired) electrons. The van der Waals surface area contributed by atoms with Crippen LogP contribution in [-0.4, -0.2) is 67.1 Å². The van der Waals surface area contributed by atoms with Gasteiger partial charge in [0, 0.05) is 39.9 Å². The predicted octanol–water partition coefficient (Wildman–Crippen LogP) is 0.206. The summed E-state index contributed by atoms with van der Waals surface area (Å²) in [5, 5.41) is 2.56. The number of carbonyl (C=O) groups is 1. The third-order valence-corrected chi connectivity index (χ3v) is 6.03. The molecule has 1 N–H and O–H groups in total. The number of rotatable bonds is 5. The summed E-state index contributed by atoms with van der Waals surface area (Å²) < 4.78 is 27.4. The van der Waals surface area contributed by atoms with Crippen LogP contribution in [0.1, 0.15) is 34.8 Å². The van der Waals surface area contributed by atoms with Gasteiger partial charge in [-0.05, 0) is 38.2 Å². The second-order valence-corrected chi connectivity index (χ2v) is 8.37. The van der Waals surface area contributed by atoms with Gasteiger partial charge >= 0.3 is 0 Å². The van der Waals surface area contributed by atoms with Crippen LogP contribution < -0.4 is 5.32 Å². The van der Waals surface area contributed by atoms with E-state index in [1.54, 1.807) is 34.1 Å². The van der Waals surface area contributed by atoms with E-state index >= 15 is 0 Å². The van der Waals surface area contributed by atoms with E-state index in [1.807, 2.05) is 0 Å². The molecule has 2 rings (SSSR count). The summed E-state index contributed by atoms with van der Waals surface area (Å²) in [6.45, 7) is 2.77. The van der Waals surface area contributed by atoms with Crippen LogP contribution in [0.3, 0.4) is 0 Å². The molecule has 0 aliphatic carbocycles. The van der Waals surface area contributed by atoms with Crippen LogP contribution >= 0.6 is 0 Å². The van der Waals surface area contributed by atoms with Crippen LogP contribution in [0.25, 0.3) is 0 Å². The van der Waals surface area contributed by atoms with Crippen LogP contribution in [0.5, 0.6) is 0 Å². The Morgan fingerprint density at radius 1 is 1.42 bits per heavy atom. The normalized spacial score (nSPS) is 19.5. The number of amides is 1. The Bertz CT molecular complexity index is 705. The Kier molecular flexibility index (Phi) is 5.89. The van der Waals surface area contributed by atoms with E-state index in [0.717, 1.165) is 18.5 Å². The highest BCUT2D eigenvalue weighted by Crippen LogP contribution is 2.23. The first-order valence-electron chi connectivity index (χ1n) is 7.98. The molecule has 134 valence electrons. The zero-order valence-electron chi connectivity index (χ0n) is 14.6. The Hall–Kier alpha value is -1.58. The fourth-order valence-electron chi connectivity index (χ4n) is 2.91. The molecule has 1 aromatic heterocycles. The van der Waals surface area contributed by atoms with Crippen molar-refractivity contribution in [3.05, 3.63) is 23.3 Å². The lowest BCUT2D eigenvalue weighted by atomic mass is 9.94. The summed E-state index contributed by atoms with van der Waals surface area (Å²) in [6, 6.07) is 1.69. The van der Waals surface area contributed by atoms with Gasteiger partial charge in [0.05, 0.1) is 0 Å². The molecule has 1 saturated heterocycles. The van der Waals surface area contributed by atoms with Crippen molar-refractivity contribution >= 4 is 16.1 Å². The largest absolute Gasteiger partial charge is 0.354 e. The highest BCUT2D eigenvalue weighted by molar-refractivity contribution is 7.86. The summed E-state index contributed by atoms with van der Waals surface area (Å²) in [4.78, 5) is 20.3. The first kappa shape index (κ1) is 18.8. The molecule has 8 nitrogen and oxygen atoms in total. The molecule has 1 aliphatic rings. The van der Waals surface area contributed by atoms with E-state index in [1.165, 1.54) is 8.61 Å². The SMILES string of the molecule is CNC(=O)c1cc(C[C@H]2CCCN(S(=O)(=O)N(C)C)C2)nc(C)n1. The molecule has 2 heterocycles. The van der Waals surface area contributed by atoms with Gasteiger partial charge < -0.3 is 5.32 Å². The maximum absolute atomic E-state index is 12.3. The smallest absolute Gasteiger partial charge is 0.281 e. The van der Waals surface area contributed by atoms with Crippen LogP contribution in [0, 0.1) is 12.8 Å². The standard InChI is InChI=1S/C15H25N5O3S/c1-11-17-13(9-14(18-11)15(21)16-2)8-12-6-5-7-20(10-12)24(22,23)19(3)4/h9,12H,5-8,10H2,1-4H3,(H,16,21)/t12-/m1/s1. The van der Waals surface area contributed by atoms with Crippen molar-refractivity contribution in [1.82, 2.24) is 23.9 Å². The Balaban J connectivity index is 2.14. The van der Waals surface area contributed by atoms with E-state index in [0.29, 0.717) is 31.0 Å². The Morgan fingerprint density at radius 3 is 2.75 bits per heavy atom. The molecule has 0 saturated carbocycles. The molecule has 0 bridgehead atoms. The van der Waals surface area contributed by atoms with E-state index in [9.17, 15) is 13.2 Å². The lowest BCUT2D eigenvalue weighted by Crippen LogP contribution is -2.45. The molecular weight excluding hydrogens is 330 g/mol. The lowest BCUT2D eigenvalue weighted by molar-refractivity contribution is 0.0957. The first-order chi connectivity index (χ1) is 11.2. The average molecular weight is 355 g/mol. The fourth-order valence-corrected chi connectivity index (χ4v) is 4.13. The molecule has 1 aliphatic heterocycles. The van der Waals surface area contributed by atoms with Gasteiger partial charge in [-0.25, -0.2) is 9.97 Å². The van der Waals surface area contributed by atoms with Crippen molar-refractivity contribution in [2.75, 3.05) is 34.2 Å². The lowest BCUT2D eigenvalue weighted by Gasteiger charge is -2.33. The van der Waals surface area contributed by atoms with Crippen LogP contribution in [0.2, 0.25) is 0 Å². The molecule has 1 fully saturated rings. The number of nitrogens with zero attached hydrogens (tertiary/aromatic N) is 4. The van der Waals surface area contributed by atoms with E-state index in [4.69, 9.17) is 0 Å². The summed E-state index contributed by atoms with van der Waals surface area (Å²) in [5.41, 5.74) is 1.11. The van der Waals surface area contributed by atoms with E-state index < -0.39 is 10.2 Å². The molecule has 9 heteroatoms. The van der Waals surface area contributed by atoms with Crippen molar-refractivity contribution in [3.8, 4) is 0 Å². The van der Waals surface area contributed by atoms with Crippen LogP contribution in [0.15, 0.2) is 6.07 Å². The molecule has 1 aromatic rings. The van der Waals surface area contributed by atoms with Gasteiger partial charge in [-0.15, -0.1) is 0 Å². The molecular formula is C15H25N5O3S. The molecule has 24 heavy (non-hydrogen) atoms. The van der Waals surface area contributed by atoms with Gasteiger partial charge in [0.1, 0.15) is 11.5 Å². The maximum Gasteiger partial charge on any atom is 0.281 e. The monoisotopic (exact) mass is 355 g/mol. The zero-order valence-corrected chi connectivity index (χ0v) is 15.4. The number of piperidine rings is 1. The van der Waals surface area contributed by atoms with Gasteiger partial charge in [-0.3, -0.25) is 4.79 Å². The topological polar surface area (TPSA) is 95.5 Å². The number of nitrogens with one attached hydrogen (secondary N) is 1. The van der Waals surface area contributed by atoms with Gasteiger partial charge in [0.25, 0.3) is 16.1 Å². The van der Waals surface area contributed by atoms with Crippen molar-refractivity contribution in [1.29, 1.82) is 0 Å². The van der Waals surface area contributed by atoms with Crippen molar-refractivity contribution in [2.45, 2.75) is 26.2 Å². The first-order valence-corrected chi connectivity index (χ1v) is 9.38. The molecule has 1 amide bonds. The van der Waals surface area contributed by atoms with Crippen molar-refractivity contribution < 1.29 is 13.2 Å². The number of hydrogen-bond donors (Lipinski definition) is 1. The predicted molar refractivity (Wildman–Crippen MR) is 90.8 cm³/mol. The minimum absolute atomic E-state index is 0.181. The van der Waals surface area contributed by atoms with Crippen LogP contribution in [-0.2, 0) is 16.6 Å². The molecule has 0 aromatic carbocycles. The Labute approximate surface area is 143 Å².